The van der Waals surface area contributed by atoms with Gasteiger partial charge in [-0.3, -0.25) is 4.99 Å². The van der Waals surface area contributed by atoms with Crippen molar-refractivity contribution >= 4 is 12.2 Å². The number of esters is 1. The normalized spacial score (nSPS) is 12.6. The highest BCUT2D eigenvalue weighted by atomic mass is 16.5. The zero-order valence-corrected chi connectivity index (χ0v) is 8.99. The molecule has 0 aliphatic rings. The predicted octanol–water partition coefficient (Wildman–Crippen LogP) is 2.14. The lowest BCUT2D eigenvalue weighted by molar-refractivity contribution is -0.138. The summed E-state index contributed by atoms with van der Waals surface area (Å²) in [6, 6.07) is 0. The largest absolute Gasteiger partial charge is 0.462 e. The Kier molecular flexibility index (Phi) is 7.42. The number of carbonyl (C=O) groups is 1. The van der Waals surface area contributed by atoms with E-state index in [9.17, 15) is 4.79 Å². The van der Waals surface area contributed by atoms with Crippen LogP contribution in [0.4, 0.5) is 0 Å². The maximum absolute atomic E-state index is 11.3. The molecule has 3 nitrogen and oxygen atoms in total. The number of allylic oxidation sites excluding steroid dienone is 2. The molecule has 0 radical (unpaired) electrons. The Hall–Kier alpha value is -1.38. The van der Waals surface area contributed by atoms with Gasteiger partial charge in [0.15, 0.2) is 0 Å². The molecular weight excluding hydrogens is 178 g/mol. The third-order valence-electron chi connectivity index (χ3n) is 1.40. The Morgan fingerprint density at radius 2 is 2.14 bits per heavy atom. The highest BCUT2D eigenvalue weighted by Crippen LogP contribution is 1.99. The van der Waals surface area contributed by atoms with Crippen LogP contribution in [-0.4, -0.2) is 25.3 Å². The average molecular weight is 195 g/mol. The maximum Gasteiger partial charge on any atom is 0.338 e. The van der Waals surface area contributed by atoms with Crippen LogP contribution in [0.3, 0.4) is 0 Å². The smallest absolute Gasteiger partial charge is 0.338 e. The molecule has 0 aromatic heterocycles. The number of aliphatic imine (C=N–C) groups is 1. The van der Waals surface area contributed by atoms with Gasteiger partial charge in [-0.2, -0.15) is 0 Å². The van der Waals surface area contributed by atoms with Gasteiger partial charge in [0.05, 0.1) is 12.2 Å². The molecule has 0 atom stereocenters. The Morgan fingerprint density at radius 3 is 2.64 bits per heavy atom. The van der Waals surface area contributed by atoms with E-state index in [4.69, 9.17) is 4.74 Å². The Bertz CT molecular complexity index is 252. The van der Waals surface area contributed by atoms with E-state index in [-0.39, 0.29) is 5.97 Å². The average Bonchev–Trinajstić information content (AvgIpc) is 2.17. The fraction of sp³-hybridized carbons (Fsp3) is 0.455. The van der Waals surface area contributed by atoms with E-state index in [1.165, 1.54) is 0 Å². The fourth-order valence-electron chi connectivity index (χ4n) is 0.824. The first-order chi connectivity index (χ1) is 6.76. The van der Waals surface area contributed by atoms with Gasteiger partial charge in [0, 0.05) is 12.8 Å². The summed E-state index contributed by atoms with van der Waals surface area (Å²) in [5, 5.41) is 0. The molecule has 0 saturated heterocycles. The van der Waals surface area contributed by atoms with Crippen LogP contribution in [0, 0.1) is 0 Å². The van der Waals surface area contributed by atoms with E-state index in [2.05, 4.69) is 4.99 Å². The van der Waals surface area contributed by atoms with E-state index in [0.717, 1.165) is 0 Å². The molecule has 0 rings (SSSR count). The van der Waals surface area contributed by atoms with Crippen LogP contribution in [-0.2, 0) is 9.53 Å². The van der Waals surface area contributed by atoms with Crippen molar-refractivity contribution in [1.82, 2.24) is 0 Å². The van der Waals surface area contributed by atoms with Crippen LogP contribution < -0.4 is 0 Å². The standard InChI is InChI=1S/C11H17NO2/c1-4-7-10(8-9-12-5-2)11(13)14-6-3/h4,7-9H,5-6H2,1-3H3/b7-4-,10-8+,12-9?. The van der Waals surface area contributed by atoms with Gasteiger partial charge in [-0.25, -0.2) is 4.79 Å². The summed E-state index contributed by atoms with van der Waals surface area (Å²) in [5.41, 5.74) is 0.520. The topological polar surface area (TPSA) is 38.7 Å². The summed E-state index contributed by atoms with van der Waals surface area (Å²) in [7, 11) is 0. The van der Waals surface area contributed by atoms with Gasteiger partial charge in [0.2, 0.25) is 0 Å². The van der Waals surface area contributed by atoms with Crippen molar-refractivity contribution in [2.24, 2.45) is 4.99 Å². The lowest BCUT2D eigenvalue weighted by Gasteiger charge is -2.00. The predicted molar refractivity (Wildman–Crippen MR) is 58.6 cm³/mol. The second kappa shape index (κ2) is 8.23. The minimum absolute atomic E-state index is 0.312. The SMILES string of the molecule is C/C=C\C(=C/C=NCC)C(=O)OCC. The first-order valence-electron chi connectivity index (χ1n) is 4.76. The van der Waals surface area contributed by atoms with Crippen LogP contribution in [0.1, 0.15) is 20.8 Å². The van der Waals surface area contributed by atoms with Crippen molar-refractivity contribution in [2.45, 2.75) is 20.8 Å². The fourth-order valence-corrected chi connectivity index (χ4v) is 0.824. The van der Waals surface area contributed by atoms with Gasteiger partial charge in [-0.05, 0) is 26.8 Å². The number of hydrogen-bond donors (Lipinski definition) is 0. The number of rotatable bonds is 5. The summed E-state index contributed by atoms with van der Waals surface area (Å²) in [5.74, 6) is -0.312. The molecule has 0 fully saturated rings. The summed E-state index contributed by atoms with van der Waals surface area (Å²) in [4.78, 5) is 15.3. The molecule has 3 heteroatoms. The van der Waals surface area contributed by atoms with Crippen molar-refractivity contribution in [3.8, 4) is 0 Å². The molecule has 0 bridgehead atoms. The first kappa shape index (κ1) is 12.6. The zero-order valence-electron chi connectivity index (χ0n) is 8.99. The molecule has 0 unspecified atom stereocenters. The van der Waals surface area contributed by atoms with E-state index >= 15 is 0 Å². The van der Waals surface area contributed by atoms with Crippen LogP contribution in [0.2, 0.25) is 0 Å². The van der Waals surface area contributed by atoms with Crippen LogP contribution in [0.5, 0.6) is 0 Å². The van der Waals surface area contributed by atoms with Gasteiger partial charge in [-0.1, -0.05) is 12.2 Å². The van der Waals surface area contributed by atoms with Crippen molar-refractivity contribution < 1.29 is 9.53 Å². The molecule has 0 aliphatic carbocycles. The lowest BCUT2D eigenvalue weighted by Crippen LogP contribution is -2.06. The van der Waals surface area contributed by atoms with Gasteiger partial charge in [-0.15, -0.1) is 0 Å². The quantitative estimate of drug-likeness (QED) is 0.292. The Morgan fingerprint density at radius 1 is 1.43 bits per heavy atom. The van der Waals surface area contributed by atoms with Crippen LogP contribution in [0.25, 0.3) is 0 Å². The van der Waals surface area contributed by atoms with Crippen molar-refractivity contribution in [2.75, 3.05) is 13.2 Å². The molecule has 0 amide bonds. The third kappa shape index (κ3) is 5.30. The number of nitrogens with zero attached hydrogens (tertiary/aromatic N) is 1. The second-order valence-corrected chi connectivity index (χ2v) is 2.49. The molecular formula is C11H17NO2. The van der Waals surface area contributed by atoms with Gasteiger partial charge < -0.3 is 4.74 Å². The van der Waals surface area contributed by atoms with Gasteiger partial charge >= 0.3 is 5.97 Å². The monoisotopic (exact) mass is 195 g/mol. The van der Waals surface area contributed by atoms with E-state index in [1.807, 2.05) is 13.8 Å². The van der Waals surface area contributed by atoms with E-state index in [0.29, 0.717) is 18.7 Å². The number of ether oxygens (including phenoxy) is 1. The zero-order chi connectivity index (χ0) is 10.8. The maximum atomic E-state index is 11.3. The highest BCUT2D eigenvalue weighted by Gasteiger charge is 2.04. The summed E-state index contributed by atoms with van der Waals surface area (Å²) in [6.45, 7) is 6.67. The van der Waals surface area contributed by atoms with Crippen molar-refractivity contribution in [1.29, 1.82) is 0 Å². The molecule has 0 saturated carbocycles. The highest BCUT2D eigenvalue weighted by molar-refractivity contribution is 5.96. The van der Waals surface area contributed by atoms with Crippen molar-refractivity contribution in [3.05, 3.63) is 23.8 Å². The van der Waals surface area contributed by atoms with E-state index in [1.54, 1.807) is 31.4 Å². The Labute approximate surface area is 85.2 Å². The minimum atomic E-state index is -0.312. The summed E-state index contributed by atoms with van der Waals surface area (Å²) in [6.07, 6.45) is 6.77. The molecule has 0 spiro atoms. The van der Waals surface area contributed by atoms with Crippen LogP contribution in [0.15, 0.2) is 28.8 Å². The first-order valence-corrected chi connectivity index (χ1v) is 4.76. The van der Waals surface area contributed by atoms with Gasteiger partial charge in [0.1, 0.15) is 0 Å². The summed E-state index contributed by atoms with van der Waals surface area (Å²) < 4.78 is 4.87. The second-order valence-electron chi connectivity index (χ2n) is 2.49. The molecule has 78 valence electrons. The molecule has 0 aromatic rings. The van der Waals surface area contributed by atoms with Crippen molar-refractivity contribution in [3.63, 3.8) is 0 Å². The number of carbonyl (C=O) groups excluding carboxylic acids is 1. The third-order valence-corrected chi connectivity index (χ3v) is 1.40. The minimum Gasteiger partial charge on any atom is -0.462 e. The van der Waals surface area contributed by atoms with E-state index < -0.39 is 0 Å². The van der Waals surface area contributed by atoms with Gasteiger partial charge in [0.25, 0.3) is 0 Å². The Balaban J connectivity index is 4.49. The molecule has 0 aliphatic heterocycles. The lowest BCUT2D eigenvalue weighted by atomic mass is 10.2. The molecule has 0 heterocycles. The van der Waals surface area contributed by atoms with Crippen LogP contribution >= 0.6 is 0 Å². The molecule has 0 N–H and O–H groups in total. The summed E-state index contributed by atoms with van der Waals surface area (Å²) >= 11 is 0. The number of hydrogen-bond acceptors (Lipinski definition) is 3. The molecule has 0 aromatic carbocycles. The molecule has 14 heavy (non-hydrogen) atoms.